The number of hydrogen-bond acceptors (Lipinski definition) is 6. The lowest BCUT2D eigenvalue weighted by Crippen LogP contribution is -2.40. The Morgan fingerprint density at radius 3 is 2.36 bits per heavy atom. The molecule has 0 unspecified atom stereocenters. The van der Waals surface area contributed by atoms with Gasteiger partial charge < -0.3 is 9.79 Å². The van der Waals surface area contributed by atoms with E-state index in [0.717, 1.165) is 67.5 Å². The van der Waals surface area contributed by atoms with Gasteiger partial charge in [-0.3, -0.25) is 14.7 Å². The van der Waals surface area contributed by atoms with Crippen LogP contribution in [0.15, 0.2) is 53.5 Å². The number of amides is 1. The van der Waals surface area contributed by atoms with Crippen LogP contribution < -0.4 is 0 Å². The number of hydrogen-bond donors (Lipinski definition) is 2. The van der Waals surface area contributed by atoms with E-state index in [-0.39, 0.29) is 11.7 Å². The molecule has 0 bridgehead atoms. The largest absolute Gasteiger partial charge is 0.468 e. The van der Waals surface area contributed by atoms with Crippen LogP contribution in [0, 0.1) is 0 Å². The molecule has 188 valence electrons. The van der Waals surface area contributed by atoms with E-state index < -0.39 is 13.3 Å². The van der Waals surface area contributed by atoms with Crippen molar-refractivity contribution >= 4 is 19.5 Å². The molecule has 11 heteroatoms. The smallest absolute Gasteiger partial charge is 0.306 e. The van der Waals surface area contributed by atoms with Crippen LogP contribution in [0.25, 0.3) is 22.5 Å². The number of amidine groups is 1. The van der Waals surface area contributed by atoms with Crippen molar-refractivity contribution in [3.63, 3.8) is 0 Å². The zero-order valence-electron chi connectivity index (χ0n) is 20.1. The van der Waals surface area contributed by atoms with E-state index in [1.807, 2.05) is 41.3 Å². The van der Waals surface area contributed by atoms with Gasteiger partial charge in [-0.2, -0.15) is 0 Å². The number of unbranched alkanes of at least 4 members (excludes halogenated alkanes) is 1. The lowest BCUT2D eigenvalue weighted by Gasteiger charge is -2.23. The number of tetrazole rings is 1. The minimum atomic E-state index is -4.66. The zero-order valence-corrected chi connectivity index (χ0v) is 21.0. The van der Waals surface area contributed by atoms with Crippen molar-refractivity contribution in [1.82, 2.24) is 24.9 Å². The number of carbonyl (C=O) groups is 1. The number of benzene rings is 2. The predicted octanol–water partition coefficient (Wildman–Crippen LogP) is 4.19. The van der Waals surface area contributed by atoms with Gasteiger partial charge in [-0.05, 0) is 41.2 Å². The van der Waals surface area contributed by atoms with Crippen molar-refractivity contribution in [1.29, 1.82) is 0 Å². The molecule has 1 aliphatic carbocycles. The molecule has 1 aliphatic heterocycles. The Morgan fingerprint density at radius 1 is 1.03 bits per heavy atom. The van der Waals surface area contributed by atoms with Crippen molar-refractivity contribution in [2.24, 2.45) is 4.99 Å². The SMILES string of the molecule is CCCCC1=NC2(CCCC2)C(=O)N1Cc1ccc(-c2ccccc2-c2nnn(P(=O)(O)O)n2)cc1. The molecule has 10 nitrogen and oxygen atoms in total. The summed E-state index contributed by atoms with van der Waals surface area (Å²) in [7, 11) is -4.66. The molecule has 36 heavy (non-hydrogen) atoms. The fourth-order valence-electron chi connectivity index (χ4n) is 5.03. The molecule has 2 N–H and O–H groups in total. The Labute approximate surface area is 209 Å². The molecule has 1 saturated carbocycles. The van der Waals surface area contributed by atoms with Crippen molar-refractivity contribution in [3.8, 4) is 22.5 Å². The third kappa shape index (κ3) is 4.64. The summed E-state index contributed by atoms with van der Waals surface area (Å²) >= 11 is 0. The Kier molecular flexibility index (Phi) is 6.59. The van der Waals surface area contributed by atoms with Gasteiger partial charge in [0.1, 0.15) is 11.4 Å². The number of aliphatic imine (C=N–C) groups is 1. The maximum Gasteiger partial charge on any atom is 0.468 e. The quantitative estimate of drug-likeness (QED) is 0.436. The summed E-state index contributed by atoms with van der Waals surface area (Å²) in [5, 5.41) is 11.2. The van der Waals surface area contributed by atoms with Gasteiger partial charge >= 0.3 is 7.75 Å². The number of aromatic nitrogens is 4. The van der Waals surface area contributed by atoms with Gasteiger partial charge in [-0.25, -0.2) is 4.57 Å². The molecule has 2 aromatic carbocycles. The van der Waals surface area contributed by atoms with Crippen LogP contribution in [0.3, 0.4) is 0 Å². The first-order chi connectivity index (χ1) is 17.3. The normalized spacial score (nSPS) is 17.2. The molecule has 1 spiro atoms. The van der Waals surface area contributed by atoms with Gasteiger partial charge in [-0.1, -0.05) is 79.3 Å². The van der Waals surface area contributed by atoms with Crippen molar-refractivity contribution in [2.75, 3.05) is 0 Å². The van der Waals surface area contributed by atoms with Crippen LogP contribution in [0.5, 0.6) is 0 Å². The molecule has 5 rings (SSSR count). The highest BCUT2D eigenvalue weighted by molar-refractivity contribution is 7.49. The first-order valence-electron chi connectivity index (χ1n) is 12.3. The van der Waals surface area contributed by atoms with Crippen LogP contribution >= 0.6 is 7.75 Å². The summed E-state index contributed by atoms with van der Waals surface area (Å²) in [5.41, 5.74) is 2.77. The van der Waals surface area contributed by atoms with Crippen molar-refractivity contribution < 1.29 is 19.1 Å². The lowest BCUT2D eigenvalue weighted by molar-refractivity contribution is -0.131. The van der Waals surface area contributed by atoms with Gasteiger partial charge in [-0.15, -0.1) is 10.2 Å². The highest BCUT2D eigenvalue weighted by Crippen LogP contribution is 2.40. The highest BCUT2D eigenvalue weighted by Gasteiger charge is 2.49. The van der Waals surface area contributed by atoms with E-state index in [1.165, 1.54) is 0 Å². The van der Waals surface area contributed by atoms with E-state index in [9.17, 15) is 19.1 Å². The third-order valence-corrected chi connectivity index (χ3v) is 7.53. The fraction of sp³-hybridized carbons (Fsp3) is 0.400. The summed E-state index contributed by atoms with van der Waals surface area (Å²) in [4.78, 5) is 38.9. The minimum absolute atomic E-state index is 0.124. The molecule has 1 fully saturated rings. The molecular weight excluding hydrogens is 479 g/mol. The van der Waals surface area contributed by atoms with Crippen molar-refractivity contribution in [3.05, 3.63) is 54.1 Å². The van der Waals surface area contributed by atoms with Crippen LogP contribution in [-0.2, 0) is 15.9 Å². The third-order valence-electron chi connectivity index (χ3n) is 6.89. The predicted molar refractivity (Wildman–Crippen MR) is 135 cm³/mol. The lowest BCUT2D eigenvalue weighted by atomic mass is 9.97. The molecule has 2 heterocycles. The van der Waals surface area contributed by atoms with E-state index in [2.05, 4.69) is 22.3 Å². The van der Waals surface area contributed by atoms with Gasteiger partial charge in [0.05, 0.1) is 6.54 Å². The average molecular weight is 509 g/mol. The molecule has 2 aliphatic rings. The van der Waals surface area contributed by atoms with Gasteiger partial charge in [0, 0.05) is 12.0 Å². The maximum atomic E-state index is 13.4. The van der Waals surface area contributed by atoms with Crippen molar-refractivity contribution in [2.45, 2.75) is 64.0 Å². The Morgan fingerprint density at radius 2 is 1.72 bits per heavy atom. The van der Waals surface area contributed by atoms with Gasteiger partial charge in [0.15, 0.2) is 0 Å². The molecule has 1 amide bonds. The molecule has 3 aromatic rings. The molecular formula is C25H29N6O4P. The maximum absolute atomic E-state index is 13.4. The second-order valence-corrected chi connectivity index (χ2v) is 10.8. The number of carbonyl (C=O) groups excluding carboxylic acids is 1. The second kappa shape index (κ2) is 9.69. The van der Waals surface area contributed by atoms with Gasteiger partial charge in [0.2, 0.25) is 5.82 Å². The number of nitrogens with zero attached hydrogens (tertiary/aromatic N) is 6. The molecule has 1 aromatic heterocycles. The van der Waals surface area contributed by atoms with E-state index in [0.29, 0.717) is 16.7 Å². The molecule has 0 atom stereocenters. The van der Waals surface area contributed by atoms with E-state index in [1.54, 1.807) is 12.1 Å². The zero-order chi connectivity index (χ0) is 25.3. The van der Waals surface area contributed by atoms with E-state index >= 15 is 0 Å². The van der Waals surface area contributed by atoms with E-state index in [4.69, 9.17) is 4.99 Å². The Hall–Kier alpha value is -3.20. The highest BCUT2D eigenvalue weighted by atomic mass is 31.2. The summed E-state index contributed by atoms with van der Waals surface area (Å²) in [5.74, 6) is 1.18. The topological polar surface area (TPSA) is 134 Å². The van der Waals surface area contributed by atoms with Crippen LogP contribution in [0.2, 0.25) is 0 Å². The fourth-order valence-corrected chi connectivity index (χ4v) is 5.37. The summed E-state index contributed by atoms with van der Waals surface area (Å²) in [6, 6.07) is 15.3. The van der Waals surface area contributed by atoms with Crippen LogP contribution in [0.4, 0.5) is 0 Å². The summed E-state index contributed by atoms with van der Waals surface area (Å²) in [6.07, 6.45) is 6.67. The average Bonchev–Trinajstić information content (AvgIpc) is 3.61. The first-order valence-corrected chi connectivity index (χ1v) is 13.8. The Balaban J connectivity index is 1.39. The van der Waals surface area contributed by atoms with Gasteiger partial charge in [0.25, 0.3) is 5.91 Å². The molecule has 0 radical (unpaired) electrons. The summed E-state index contributed by atoms with van der Waals surface area (Å²) < 4.78 is 11.8. The minimum Gasteiger partial charge on any atom is -0.306 e. The second-order valence-electron chi connectivity index (χ2n) is 9.40. The first kappa shape index (κ1) is 24.5. The van der Waals surface area contributed by atoms with Crippen LogP contribution in [0.1, 0.15) is 57.4 Å². The van der Waals surface area contributed by atoms with Crippen LogP contribution in [-0.4, -0.2) is 51.9 Å². The molecule has 0 saturated heterocycles. The summed E-state index contributed by atoms with van der Waals surface area (Å²) in [6.45, 7) is 2.63. The monoisotopic (exact) mass is 508 g/mol. The Bertz CT molecular complexity index is 1340. The number of rotatable bonds is 8. The standard InChI is InChI=1S/C25H29N6O4P/c1-2-3-10-22-26-25(15-6-7-16-25)24(32)30(22)17-18-11-13-19(14-12-18)20-8-4-5-9-21(20)23-27-29-31(28-23)36(33,34)35/h4-5,8-9,11-14H,2-3,6-7,10,15-17H2,1H3,(H2,33,34,35).